The van der Waals surface area contributed by atoms with Crippen LogP contribution in [0.25, 0.3) is 0 Å². The molecule has 33 heavy (non-hydrogen) atoms. The number of carboxylic acid groups (broad SMARTS) is 2. The van der Waals surface area contributed by atoms with Crippen molar-refractivity contribution in [3.8, 4) is 0 Å². The molecule has 1 atom stereocenters. The van der Waals surface area contributed by atoms with Crippen LogP contribution in [0.2, 0.25) is 0 Å². The summed E-state index contributed by atoms with van der Waals surface area (Å²) >= 11 is 0. The monoisotopic (exact) mass is 476 g/mol. The van der Waals surface area contributed by atoms with Gasteiger partial charge in [-0.2, -0.15) is 0 Å². The average Bonchev–Trinajstić information content (AvgIpc) is 2.79. The largest absolute Gasteiger partial charge is 0.481 e. The first kappa shape index (κ1) is 33.5. The maximum atomic E-state index is 11.4. The van der Waals surface area contributed by atoms with Crippen LogP contribution in [0.3, 0.4) is 0 Å². The van der Waals surface area contributed by atoms with Crippen LogP contribution in [0.4, 0.5) is 0 Å². The minimum Gasteiger partial charge on any atom is -0.481 e. The zero-order chi connectivity index (χ0) is 25.2. The number of carboxylic acids is 2. The van der Waals surface area contributed by atoms with E-state index in [1.165, 1.54) is 83.5 Å². The van der Waals surface area contributed by atoms with Crippen LogP contribution in [0.1, 0.15) is 122 Å². The van der Waals surface area contributed by atoms with Gasteiger partial charge in [0, 0.05) is 6.42 Å². The average molecular weight is 477 g/mol. The summed E-state index contributed by atoms with van der Waals surface area (Å²) in [4.78, 5) is 30.7. The summed E-state index contributed by atoms with van der Waals surface area (Å²) in [6.07, 6.45) is 18.4. The Hall–Kier alpha value is -1.67. The van der Waals surface area contributed by atoms with E-state index in [9.17, 15) is 14.4 Å². The van der Waals surface area contributed by atoms with Gasteiger partial charge in [0.1, 0.15) is 12.7 Å². The molecule has 0 aliphatic rings. The Kier molecular flexibility index (Phi) is 27.0. The van der Waals surface area contributed by atoms with Crippen LogP contribution < -0.4 is 0 Å². The summed E-state index contributed by atoms with van der Waals surface area (Å²) in [5, 5.41) is 33.5. The number of aliphatic carboxylic acids is 2. The standard InChI is InChI=1S/C21H42O4.C4H6O4/c1-2-3-4-5-6-7-8-9-10-11-12-13-14-15-16-17-21(24)25-19-20(23)18-22;5-3(6)1-2-4(7)8/h20,22-23H,2-19H2,1H3;1-2H2,(H,5,6)(H,7,8). The molecule has 0 aromatic rings. The SMILES string of the molecule is CCCCCCCCCCCCCCCCCC(=O)OCC(O)CO.O=C(O)CCC(=O)O. The highest BCUT2D eigenvalue weighted by Gasteiger charge is 2.07. The van der Waals surface area contributed by atoms with Crippen molar-refractivity contribution in [2.45, 2.75) is 129 Å². The predicted molar refractivity (Wildman–Crippen MR) is 128 cm³/mol. The van der Waals surface area contributed by atoms with E-state index >= 15 is 0 Å². The molecule has 0 spiro atoms. The first-order chi connectivity index (χ1) is 15.8. The van der Waals surface area contributed by atoms with Gasteiger partial charge < -0.3 is 25.2 Å². The van der Waals surface area contributed by atoms with Gasteiger partial charge in [0.15, 0.2) is 0 Å². The number of aliphatic hydroxyl groups is 2. The minimum absolute atomic E-state index is 0.103. The Bertz CT molecular complexity index is 453. The summed E-state index contributed by atoms with van der Waals surface area (Å²) in [7, 11) is 0. The Morgan fingerprint density at radius 3 is 1.33 bits per heavy atom. The molecular weight excluding hydrogens is 428 g/mol. The van der Waals surface area contributed by atoms with E-state index in [2.05, 4.69) is 6.92 Å². The third kappa shape index (κ3) is 32.6. The lowest BCUT2D eigenvalue weighted by Crippen LogP contribution is -2.21. The molecule has 0 bridgehead atoms. The first-order valence-electron chi connectivity index (χ1n) is 12.7. The predicted octanol–water partition coefficient (Wildman–Crippen LogP) is 5.08. The molecule has 0 fully saturated rings. The molecule has 0 aliphatic carbocycles. The van der Waals surface area contributed by atoms with E-state index in [-0.39, 0.29) is 32.0 Å². The topological polar surface area (TPSA) is 141 Å². The Morgan fingerprint density at radius 2 is 1.00 bits per heavy atom. The van der Waals surface area contributed by atoms with Crippen molar-refractivity contribution >= 4 is 17.9 Å². The van der Waals surface area contributed by atoms with E-state index in [1.807, 2.05) is 0 Å². The molecule has 0 rings (SSSR count). The molecule has 1 unspecified atom stereocenters. The molecule has 0 amide bonds. The number of hydrogen-bond donors (Lipinski definition) is 4. The van der Waals surface area contributed by atoms with Gasteiger partial charge in [0.25, 0.3) is 0 Å². The molecule has 0 aliphatic heterocycles. The highest BCUT2D eigenvalue weighted by atomic mass is 16.5. The molecule has 8 nitrogen and oxygen atoms in total. The normalized spacial score (nSPS) is 11.4. The summed E-state index contributed by atoms with van der Waals surface area (Å²) in [5.74, 6) is -2.43. The zero-order valence-electron chi connectivity index (χ0n) is 20.6. The maximum Gasteiger partial charge on any atom is 0.305 e. The highest BCUT2D eigenvalue weighted by Crippen LogP contribution is 2.13. The smallest absolute Gasteiger partial charge is 0.305 e. The first-order valence-corrected chi connectivity index (χ1v) is 12.7. The molecule has 4 N–H and O–H groups in total. The zero-order valence-corrected chi connectivity index (χ0v) is 20.6. The van der Waals surface area contributed by atoms with Gasteiger partial charge in [-0.3, -0.25) is 14.4 Å². The number of ether oxygens (including phenoxy) is 1. The maximum absolute atomic E-state index is 11.4. The second kappa shape index (κ2) is 26.6. The minimum atomic E-state index is -1.08. The molecule has 0 aromatic carbocycles. The number of carbonyl (C=O) groups excluding carboxylic acids is 1. The molecule has 0 aromatic heterocycles. The second-order valence-corrected chi connectivity index (χ2v) is 8.51. The van der Waals surface area contributed by atoms with Gasteiger partial charge in [-0.15, -0.1) is 0 Å². The fraction of sp³-hybridized carbons (Fsp3) is 0.880. The van der Waals surface area contributed by atoms with Crippen LogP contribution in [0.15, 0.2) is 0 Å². The highest BCUT2D eigenvalue weighted by molar-refractivity contribution is 5.75. The third-order valence-corrected chi connectivity index (χ3v) is 5.18. The van der Waals surface area contributed by atoms with Crippen molar-refractivity contribution in [3.63, 3.8) is 0 Å². The van der Waals surface area contributed by atoms with E-state index in [0.717, 1.165) is 12.8 Å². The number of carbonyl (C=O) groups is 3. The van der Waals surface area contributed by atoms with Gasteiger partial charge in [0.2, 0.25) is 0 Å². The van der Waals surface area contributed by atoms with Crippen molar-refractivity contribution in [1.82, 2.24) is 0 Å². The second-order valence-electron chi connectivity index (χ2n) is 8.51. The summed E-state index contributed by atoms with van der Waals surface area (Å²) in [6, 6.07) is 0. The molecular formula is C25H48O8. The van der Waals surface area contributed by atoms with Crippen molar-refractivity contribution in [3.05, 3.63) is 0 Å². The fourth-order valence-corrected chi connectivity index (χ4v) is 3.17. The Morgan fingerprint density at radius 1 is 0.636 bits per heavy atom. The van der Waals surface area contributed by atoms with Crippen LogP contribution in [-0.4, -0.2) is 57.7 Å². The van der Waals surface area contributed by atoms with E-state index in [0.29, 0.717) is 6.42 Å². The number of esters is 1. The number of hydrogen-bond acceptors (Lipinski definition) is 6. The summed E-state index contributed by atoms with van der Waals surface area (Å²) in [5.41, 5.74) is 0. The summed E-state index contributed by atoms with van der Waals surface area (Å²) in [6.45, 7) is 1.79. The van der Waals surface area contributed by atoms with Crippen molar-refractivity contribution in [2.24, 2.45) is 0 Å². The van der Waals surface area contributed by atoms with Gasteiger partial charge in [-0.05, 0) is 6.42 Å². The molecule has 0 saturated carbocycles. The number of rotatable bonds is 22. The van der Waals surface area contributed by atoms with Gasteiger partial charge in [0.05, 0.1) is 19.4 Å². The molecule has 0 radical (unpaired) electrons. The Balaban J connectivity index is 0. The van der Waals surface area contributed by atoms with Crippen LogP contribution >= 0.6 is 0 Å². The molecule has 0 heterocycles. The van der Waals surface area contributed by atoms with E-state index in [1.54, 1.807) is 0 Å². The van der Waals surface area contributed by atoms with Crippen molar-refractivity contribution in [2.75, 3.05) is 13.2 Å². The van der Waals surface area contributed by atoms with Crippen LogP contribution in [0.5, 0.6) is 0 Å². The number of unbranched alkanes of at least 4 members (excludes halogenated alkanes) is 14. The lowest BCUT2D eigenvalue weighted by Gasteiger charge is -2.08. The lowest BCUT2D eigenvalue weighted by molar-refractivity contribution is -0.147. The third-order valence-electron chi connectivity index (χ3n) is 5.18. The molecule has 8 heteroatoms. The van der Waals surface area contributed by atoms with Crippen molar-refractivity contribution < 1.29 is 39.5 Å². The Labute approximate surface area is 199 Å². The molecule has 196 valence electrons. The quantitative estimate of drug-likeness (QED) is 0.125. The van der Waals surface area contributed by atoms with E-state index in [4.69, 9.17) is 25.2 Å². The van der Waals surface area contributed by atoms with Gasteiger partial charge in [-0.1, -0.05) is 96.8 Å². The fourth-order valence-electron chi connectivity index (χ4n) is 3.17. The summed E-state index contributed by atoms with van der Waals surface area (Å²) < 4.78 is 4.86. The van der Waals surface area contributed by atoms with Crippen LogP contribution in [-0.2, 0) is 19.1 Å². The lowest BCUT2D eigenvalue weighted by atomic mass is 10.0. The number of aliphatic hydroxyl groups excluding tert-OH is 2. The van der Waals surface area contributed by atoms with Gasteiger partial charge >= 0.3 is 17.9 Å². The van der Waals surface area contributed by atoms with Crippen LogP contribution in [0, 0.1) is 0 Å². The van der Waals surface area contributed by atoms with Crippen molar-refractivity contribution in [1.29, 1.82) is 0 Å². The van der Waals surface area contributed by atoms with E-state index < -0.39 is 18.0 Å². The van der Waals surface area contributed by atoms with Gasteiger partial charge in [-0.25, -0.2) is 0 Å². The molecule has 0 saturated heterocycles.